The topological polar surface area (TPSA) is 41.5 Å². The molecule has 0 aliphatic heterocycles. The smallest absolute Gasteiger partial charge is 0.179 e. The molecule has 0 unspecified atom stereocenters. The van der Waals surface area contributed by atoms with Gasteiger partial charge >= 0.3 is 0 Å². The molecule has 1 aliphatic carbocycles. The van der Waals surface area contributed by atoms with Gasteiger partial charge in [-0.1, -0.05) is 31.9 Å². The minimum atomic E-state index is -0.285. The fourth-order valence-electron chi connectivity index (χ4n) is 2.78. The van der Waals surface area contributed by atoms with Crippen molar-refractivity contribution in [2.45, 2.75) is 58.5 Å². The van der Waals surface area contributed by atoms with E-state index in [4.69, 9.17) is 4.74 Å². The van der Waals surface area contributed by atoms with Crippen LogP contribution in [0.25, 0.3) is 0 Å². The zero-order valence-electron chi connectivity index (χ0n) is 15.3. The van der Waals surface area contributed by atoms with E-state index in [0.29, 0.717) is 18.4 Å². The Hall–Kier alpha value is 1.20. The second-order valence-corrected chi connectivity index (χ2v) is 6.07. The summed E-state index contributed by atoms with van der Waals surface area (Å²) in [6.45, 7) is 9.49. The third-order valence-electron chi connectivity index (χ3n) is 4.19. The molecule has 2 N–H and O–H groups in total. The van der Waals surface area contributed by atoms with Crippen LogP contribution >= 0.6 is 0 Å². The first-order valence-electron chi connectivity index (χ1n) is 8.68. The average Bonchev–Trinajstić information content (AvgIpc) is 2.87. The van der Waals surface area contributed by atoms with Crippen molar-refractivity contribution < 1.29 is 73.7 Å². The van der Waals surface area contributed by atoms with Crippen LogP contribution in [-0.2, 0) is 37.4 Å². The molecule has 5 heteroatoms. The molecule has 1 saturated carbocycles. The summed E-state index contributed by atoms with van der Waals surface area (Å²) in [6, 6.07) is 0. The fourth-order valence-corrected chi connectivity index (χ4v) is 2.78. The van der Waals surface area contributed by atoms with Gasteiger partial charge < -0.3 is 28.0 Å². The van der Waals surface area contributed by atoms with Crippen molar-refractivity contribution >= 4 is 0 Å². The minimum absolute atomic E-state index is 0. The van der Waals surface area contributed by atoms with Crippen LogP contribution in [0, 0.1) is 55.8 Å². The minimum Gasteiger partial charge on any atom is -0.479 e. The van der Waals surface area contributed by atoms with E-state index in [1.165, 1.54) is 12.8 Å². The number of nitrogens with one attached hydrogen (secondary N) is 1. The maximum absolute atomic E-state index is 10.1. The van der Waals surface area contributed by atoms with Crippen molar-refractivity contribution in [2.24, 2.45) is 11.8 Å². The first-order valence-corrected chi connectivity index (χ1v) is 8.68. The van der Waals surface area contributed by atoms with Crippen LogP contribution in [0.2, 0.25) is 0 Å². The van der Waals surface area contributed by atoms with Crippen LogP contribution < -0.4 is 5.32 Å². The van der Waals surface area contributed by atoms with Gasteiger partial charge in [0.05, 0.1) is 6.61 Å². The van der Waals surface area contributed by atoms with E-state index in [1.807, 2.05) is 0 Å². The Morgan fingerprint density at radius 2 is 2.21 bits per heavy atom. The van der Waals surface area contributed by atoms with Gasteiger partial charge in [-0.2, -0.15) is 25.7 Å². The van der Waals surface area contributed by atoms with E-state index in [0.717, 1.165) is 32.2 Å². The standard InChI is InChI=1S/C19H33NO2.U.Y/c1-4-6-7-8-9-10-11-17-12-13-19(21)18(17)15-22-16(3)20-14-5-2;;/h4,9-10,12,17-21H,3,5-8,11,13-15H2,1-2H3;;/q-2;;/b10-9-;;/t17-,18+,19+;;/m0../s1. The Bertz CT molecular complexity index is 339. The van der Waals surface area contributed by atoms with Crippen LogP contribution in [0.15, 0.2) is 24.6 Å². The Balaban J connectivity index is 0. The molecule has 0 heterocycles. The van der Waals surface area contributed by atoms with Gasteiger partial charge in [-0.05, 0) is 25.3 Å². The quantitative estimate of drug-likeness (QED) is 0.148. The van der Waals surface area contributed by atoms with Crippen LogP contribution in [0.5, 0.6) is 0 Å². The van der Waals surface area contributed by atoms with Gasteiger partial charge in [0.25, 0.3) is 0 Å². The Morgan fingerprint density at radius 3 is 2.88 bits per heavy atom. The zero-order chi connectivity index (χ0) is 16.2. The number of aliphatic hydroxyl groups excluding tert-OH is 1. The van der Waals surface area contributed by atoms with E-state index in [-0.39, 0.29) is 75.8 Å². The molecule has 3 nitrogen and oxygen atoms in total. The maximum atomic E-state index is 10.1. The third-order valence-corrected chi connectivity index (χ3v) is 4.19. The van der Waals surface area contributed by atoms with E-state index in [9.17, 15) is 5.11 Å². The zero-order valence-corrected chi connectivity index (χ0v) is 22.3. The monoisotopic (exact) mass is 634 g/mol. The number of ether oxygens (including phenoxy) is 1. The van der Waals surface area contributed by atoms with Gasteiger partial charge in [0.15, 0.2) is 5.88 Å². The molecule has 0 aromatic rings. The van der Waals surface area contributed by atoms with Crippen molar-refractivity contribution in [3.05, 3.63) is 37.5 Å². The molecule has 0 aromatic heterocycles. The number of allylic oxidation sites excluding steroid dienone is 2. The van der Waals surface area contributed by atoms with E-state index in [1.54, 1.807) is 0 Å². The van der Waals surface area contributed by atoms with Gasteiger partial charge in [0.2, 0.25) is 0 Å². The number of rotatable bonds is 12. The fraction of sp³-hybridized carbons (Fsp3) is 0.684. The number of hydrogen-bond acceptors (Lipinski definition) is 3. The summed E-state index contributed by atoms with van der Waals surface area (Å²) in [5.74, 6) is 1.20. The second kappa shape index (κ2) is 17.6. The summed E-state index contributed by atoms with van der Waals surface area (Å²) in [5.41, 5.74) is 0. The molecule has 3 atom stereocenters. The molecule has 0 amide bonds. The number of hydrogen-bond donors (Lipinski definition) is 2. The van der Waals surface area contributed by atoms with E-state index >= 15 is 0 Å². The Kier molecular flexibility index (Phi) is 20.1. The van der Waals surface area contributed by atoms with Crippen molar-refractivity contribution in [3.63, 3.8) is 0 Å². The van der Waals surface area contributed by atoms with Crippen molar-refractivity contribution in [2.75, 3.05) is 13.2 Å². The van der Waals surface area contributed by atoms with Gasteiger partial charge in [0.1, 0.15) is 0 Å². The largest absolute Gasteiger partial charge is 0.479 e. The summed E-state index contributed by atoms with van der Waals surface area (Å²) in [7, 11) is 0. The summed E-state index contributed by atoms with van der Waals surface area (Å²) >= 11 is 0. The number of aliphatic hydroxyl groups is 1. The molecule has 1 fully saturated rings. The summed E-state index contributed by atoms with van der Waals surface area (Å²) in [5, 5.41) is 13.3. The normalized spacial score (nSPS) is 22.7. The van der Waals surface area contributed by atoms with Gasteiger partial charge in [-0.15, -0.1) is 0 Å². The molecule has 24 heavy (non-hydrogen) atoms. The average molecular weight is 634 g/mol. The molecule has 1 aliphatic rings. The Morgan fingerprint density at radius 1 is 1.46 bits per heavy atom. The molecule has 0 aromatic carbocycles. The molecular weight excluding hydrogens is 601 g/mol. The van der Waals surface area contributed by atoms with Crippen molar-refractivity contribution in [1.82, 2.24) is 5.32 Å². The summed E-state index contributed by atoms with van der Waals surface area (Å²) < 4.78 is 5.67. The van der Waals surface area contributed by atoms with Crippen LogP contribution in [-0.4, -0.2) is 24.4 Å². The second-order valence-electron chi connectivity index (χ2n) is 6.07. The van der Waals surface area contributed by atoms with Crippen LogP contribution in [0.3, 0.4) is 0 Å². The third kappa shape index (κ3) is 11.7. The van der Waals surface area contributed by atoms with Gasteiger partial charge in [-0.25, -0.2) is 0 Å². The van der Waals surface area contributed by atoms with Gasteiger partial charge in [-0.3, -0.25) is 0 Å². The van der Waals surface area contributed by atoms with Crippen molar-refractivity contribution in [1.29, 1.82) is 0 Å². The molecule has 0 saturated heterocycles. The Labute approximate surface area is 198 Å². The summed E-state index contributed by atoms with van der Waals surface area (Å²) in [6.07, 6.45) is 15.0. The van der Waals surface area contributed by atoms with Crippen LogP contribution in [0.4, 0.5) is 0 Å². The SMILES string of the molecule is C=C(NCCC)OC[C@H]1[C@H](O)C[CH-][C@@H]1C/C=C\CCC[CH-]C.[U].[Y]. The maximum Gasteiger partial charge on any atom is 0.179 e. The van der Waals surface area contributed by atoms with Crippen LogP contribution in [0.1, 0.15) is 52.4 Å². The molecule has 1 rings (SSSR count). The molecule has 135 valence electrons. The predicted octanol–water partition coefficient (Wildman–Crippen LogP) is 4.01. The first kappa shape index (κ1) is 27.4. The molecule has 0 bridgehead atoms. The van der Waals surface area contributed by atoms with E-state index in [2.05, 4.69) is 50.7 Å². The molecular formula is C19H33NO2UY-2. The predicted molar refractivity (Wildman–Crippen MR) is 92.9 cm³/mol. The first-order chi connectivity index (χ1) is 10.7. The number of unbranched alkanes of at least 4 members (excludes halogenated alkanes) is 3. The molecule has 1 radical (unpaired) electrons. The van der Waals surface area contributed by atoms with Gasteiger partial charge in [0, 0.05) is 76.5 Å². The van der Waals surface area contributed by atoms with E-state index < -0.39 is 0 Å². The molecule has 0 spiro atoms. The van der Waals surface area contributed by atoms with Crippen molar-refractivity contribution in [3.8, 4) is 0 Å². The summed E-state index contributed by atoms with van der Waals surface area (Å²) in [4.78, 5) is 0.